The van der Waals surface area contributed by atoms with E-state index in [0.29, 0.717) is 31.6 Å². The summed E-state index contributed by atoms with van der Waals surface area (Å²) in [6, 6.07) is 0. The average molecular weight is 1450 g/mol. The molecule has 0 aromatic heterocycles. The van der Waals surface area contributed by atoms with Gasteiger partial charge in [-0.2, -0.15) is 0 Å². The van der Waals surface area contributed by atoms with Crippen LogP contribution in [0.2, 0.25) is 0 Å². The number of hydrogen-bond acceptors (Lipinski definition) is 15. The van der Waals surface area contributed by atoms with E-state index < -0.39 is 97.5 Å². The van der Waals surface area contributed by atoms with E-state index in [1.54, 1.807) is 0 Å². The van der Waals surface area contributed by atoms with Crippen molar-refractivity contribution in [3.05, 3.63) is 0 Å². The third-order valence-electron chi connectivity index (χ3n) is 18.6. The van der Waals surface area contributed by atoms with Gasteiger partial charge in [0.2, 0.25) is 0 Å². The third-order valence-corrected chi connectivity index (χ3v) is 20.5. The van der Waals surface area contributed by atoms with Crippen LogP contribution in [0.4, 0.5) is 0 Å². The van der Waals surface area contributed by atoms with Gasteiger partial charge in [-0.15, -0.1) is 0 Å². The first-order valence-corrected chi connectivity index (χ1v) is 44.3. The molecule has 2 unspecified atom stereocenters. The Morgan fingerprint density at radius 1 is 0.273 bits per heavy atom. The highest BCUT2D eigenvalue weighted by molar-refractivity contribution is 7.47. The Morgan fingerprint density at radius 2 is 0.465 bits per heavy atom. The van der Waals surface area contributed by atoms with Crippen LogP contribution in [0.15, 0.2) is 0 Å². The number of ether oxygens (including phenoxy) is 4. The number of esters is 4. The second kappa shape index (κ2) is 70.4. The van der Waals surface area contributed by atoms with Crippen molar-refractivity contribution in [3.8, 4) is 0 Å². The highest BCUT2D eigenvalue weighted by atomic mass is 31.2. The molecule has 0 saturated heterocycles. The van der Waals surface area contributed by atoms with Crippen LogP contribution in [0.1, 0.15) is 414 Å². The van der Waals surface area contributed by atoms with Crippen LogP contribution in [-0.4, -0.2) is 96.7 Å². The zero-order valence-corrected chi connectivity index (χ0v) is 66.8. The minimum atomic E-state index is -4.96. The molecule has 0 fully saturated rings. The summed E-state index contributed by atoms with van der Waals surface area (Å²) in [6.07, 6.45) is 58.3. The van der Waals surface area contributed by atoms with E-state index in [-0.39, 0.29) is 25.7 Å². The van der Waals surface area contributed by atoms with E-state index in [9.17, 15) is 43.2 Å². The number of aliphatic hydroxyl groups excluding tert-OH is 1. The minimum absolute atomic E-state index is 0.106. The molecule has 0 saturated carbocycles. The summed E-state index contributed by atoms with van der Waals surface area (Å²) >= 11 is 0. The molecule has 588 valence electrons. The number of unbranched alkanes of at least 4 members (excludes halogenated alkanes) is 46. The fraction of sp³-hybridized carbons (Fsp3) is 0.950. The van der Waals surface area contributed by atoms with Crippen molar-refractivity contribution >= 4 is 39.5 Å². The normalized spacial score (nSPS) is 14.0. The van der Waals surface area contributed by atoms with Crippen LogP contribution in [0.5, 0.6) is 0 Å². The number of aliphatic hydroxyl groups is 1. The van der Waals surface area contributed by atoms with E-state index in [1.165, 1.54) is 218 Å². The fourth-order valence-corrected chi connectivity index (χ4v) is 13.9. The van der Waals surface area contributed by atoms with Crippen molar-refractivity contribution in [2.45, 2.75) is 433 Å². The van der Waals surface area contributed by atoms with Crippen LogP contribution in [-0.2, 0) is 65.4 Å². The van der Waals surface area contributed by atoms with Gasteiger partial charge in [0, 0.05) is 25.7 Å². The van der Waals surface area contributed by atoms with Crippen molar-refractivity contribution in [2.75, 3.05) is 39.6 Å². The van der Waals surface area contributed by atoms with E-state index >= 15 is 0 Å². The zero-order chi connectivity index (χ0) is 73.0. The van der Waals surface area contributed by atoms with Crippen molar-refractivity contribution in [1.29, 1.82) is 0 Å². The molecule has 0 aromatic carbocycles. The van der Waals surface area contributed by atoms with Gasteiger partial charge in [-0.1, -0.05) is 363 Å². The average Bonchev–Trinajstić information content (AvgIpc) is 1.59. The van der Waals surface area contributed by atoms with Gasteiger partial charge in [-0.25, -0.2) is 9.13 Å². The maximum atomic E-state index is 13.1. The molecule has 99 heavy (non-hydrogen) atoms. The van der Waals surface area contributed by atoms with Crippen LogP contribution < -0.4 is 0 Å². The Balaban J connectivity index is 5.24. The molecule has 17 nitrogen and oxygen atoms in total. The van der Waals surface area contributed by atoms with Crippen LogP contribution in [0.25, 0.3) is 0 Å². The first kappa shape index (κ1) is 97.1. The molecule has 0 aliphatic heterocycles. The summed E-state index contributed by atoms with van der Waals surface area (Å²) < 4.78 is 68.7. The second-order valence-corrected chi connectivity index (χ2v) is 33.1. The highest BCUT2D eigenvalue weighted by Gasteiger charge is 2.30. The lowest BCUT2D eigenvalue weighted by molar-refractivity contribution is -0.161. The molecule has 0 bridgehead atoms. The van der Waals surface area contributed by atoms with Crippen molar-refractivity contribution in [3.63, 3.8) is 0 Å². The predicted octanol–water partition coefficient (Wildman–Crippen LogP) is 23.7. The zero-order valence-electron chi connectivity index (χ0n) is 65.0. The lowest BCUT2D eigenvalue weighted by Gasteiger charge is -2.21. The topological polar surface area (TPSA) is 237 Å². The van der Waals surface area contributed by atoms with Gasteiger partial charge in [-0.05, 0) is 43.4 Å². The Labute approximate surface area is 607 Å². The fourth-order valence-electron chi connectivity index (χ4n) is 12.3. The van der Waals surface area contributed by atoms with Crippen LogP contribution >= 0.6 is 15.6 Å². The highest BCUT2D eigenvalue weighted by Crippen LogP contribution is 2.45. The lowest BCUT2D eigenvalue weighted by atomic mass is 10.0. The molecule has 0 heterocycles. The molecule has 0 amide bonds. The SMILES string of the molecule is CCCCCCCCCCCCCCCCCCC(=O)OC[C@H](COP(=O)(O)OC[C@@H](O)COP(=O)(O)OC[C@@H](COC(=O)CCCCCCCCCC(C)C)OC(=O)CCCCCCCCCCCCCC(C)C)OC(=O)CCCCCCCCCCCCCCCCCCC(C)C. The largest absolute Gasteiger partial charge is 0.472 e. The lowest BCUT2D eigenvalue weighted by Crippen LogP contribution is -2.30. The molecular weight excluding hydrogens is 1290 g/mol. The van der Waals surface area contributed by atoms with Crippen LogP contribution in [0, 0.1) is 17.8 Å². The number of rotatable bonds is 78. The van der Waals surface area contributed by atoms with E-state index in [1.807, 2.05) is 0 Å². The van der Waals surface area contributed by atoms with Gasteiger partial charge in [0.15, 0.2) is 12.2 Å². The first-order valence-electron chi connectivity index (χ1n) is 41.3. The molecule has 19 heteroatoms. The summed E-state index contributed by atoms with van der Waals surface area (Å²) in [5, 5.41) is 10.6. The number of phosphoric ester groups is 2. The van der Waals surface area contributed by atoms with Crippen LogP contribution in [0.3, 0.4) is 0 Å². The molecule has 5 atom stereocenters. The Morgan fingerprint density at radius 3 is 0.687 bits per heavy atom. The maximum Gasteiger partial charge on any atom is 0.472 e. The van der Waals surface area contributed by atoms with Crippen molar-refractivity contribution in [1.82, 2.24) is 0 Å². The van der Waals surface area contributed by atoms with Crippen molar-refractivity contribution in [2.24, 2.45) is 17.8 Å². The third kappa shape index (κ3) is 74.1. The Kier molecular flexibility index (Phi) is 69.0. The molecule has 0 radical (unpaired) electrons. The number of hydrogen-bond donors (Lipinski definition) is 3. The van der Waals surface area contributed by atoms with Gasteiger partial charge < -0.3 is 33.8 Å². The predicted molar refractivity (Wildman–Crippen MR) is 405 cm³/mol. The quantitative estimate of drug-likeness (QED) is 0.0222. The molecule has 0 spiro atoms. The summed E-state index contributed by atoms with van der Waals surface area (Å²) in [5.74, 6) is 0.167. The summed E-state index contributed by atoms with van der Waals surface area (Å²) in [4.78, 5) is 73.0. The monoisotopic (exact) mass is 1450 g/mol. The number of carbonyl (C=O) groups excluding carboxylic acids is 4. The molecule has 0 aromatic rings. The summed E-state index contributed by atoms with van der Waals surface area (Å²) in [6.45, 7) is 11.9. The maximum absolute atomic E-state index is 13.1. The molecule has 0 rings (SSSR count). The smallest absolute Gasteiger partial charge is 0.462 e. The Bertz CT molecular complexity index is 1920. The molecular formula is C80H156O17P2. The van der Waals surface area contributed by atoms with Gasteiger partial charge in [0.25, 0.3) is 0 Å². The van der Waals surface area contributed by atoms with E-state index in [4.69, 9.17) is 37.0 Å². The van der Waals surface area contributed by atoms with Crippen molar-refractivity contribution < 1.29 is 80.2 Å². The molecule has 0 aliphatic carbocycles. The van der Waals surface area contributed by atoms with E-state index in [2.05, 4.69) is 48.5 Å². The first-order chi connectivity index (χ1) is 47.7. The molecule has 0 aliphatic rings. The van der Waals surface area contributed by atoms with Gasteiger partial charge in [0.1, 0.15) is 19.3 Å². The number of carbonyl (C=O) groups is 4. The van der Waals surface area contributed by atoms with Gasteiger partial charge >= 0.3 is 39.5 Å². The Hall–Kier alpha value is -1.94. The number of phosphoric acid groups is 2. The second-order valence-electron chi connectivity index (χ2n) is 30.2. The minimum Gasteiger partial charge on any atom is -0.462 e. The molecule has 3 N–H and O–H groups in total. The summed E-state index contributed by atoms with van der Waals surface area (Å²) in [5.41, 5.74) is 0. The van der Waals surface area contributed by atoms with Gasteiger partial charge in [-0.3, -0.25) is 37.3 Å². The summed E-state index contributed by atoms with van der Waals surface area (Å²) in [7, 11) is -9.92. The standard InChI is InChI=1S/C80H156O17P2/c1-8-9-10-11-12-13-14-15-16-20-23-28-33-40-47-54-61-77(82)90-67-75(96-79(84)63-56-49-41-34-29-24-21-18-17-19-22-26-31-37-44-51-58-71(2)3)69-94-98(86,87)92-65-74(81)66-93-99(88,89)95-70-76(68-91-78(83)62-55-48-43-36-39-46-53-60-73(6)7)97-80(85)64-57-50-42-35-30-25-27-32-38-45-52-59-72(4)5/h71-76,81H,8-70H2,1-7H3,(H,86,87)(H,88,89)/t74-,75-,76-/m1/s1. The van der Waals surface area contributed by atoms with E-state index in [0.717, 1.165) is 108 Å². The van der Waals surface area contributed by atoms with Gasteiger partial charge in [0.05, 0.1) is 26.4 Å².